The van der Waals surface area contributed by atoms with Gasteiger partial charge >= 0.3 is 0 Å². The molecule has 4 fully saturated rings. The first-order valence-corrected chi connectivity index (χ1v) is 7.29. The van der Waals surface area contributed by atoms with Gasteiger partial charge < -0.3 is 9.29 Å². The maximum absolute atomic E-state index is 10.7. The van der Waals surface area contributed by atoms with E-state index < -0.39 is 11.3 Å². The fraction of sp³-hybridized carbons (Fsp3) is 1.00. The summed E-state index contributed by atoms with van der Waals surface area (Å²) in [7, 11) is 0. The second-order valence-corrected chi connectivity index (χ2v) is 7.43. The van der Waals surface area contributed by atoms with Gasteiger partial charge in [0.2, 0.25) is 0 Å². The number of hydrogen-bond acceptors (Lipinski definition) is 4. The number of rotatable bonds is 2. The molecule has 2 spiro atoms. The van der Waals surface area contributed by atoms with Crippen LogP contribution in [-0.2, 0) is 16.0 Å². The maximum Gasteiger partial charge on any atom is 0.0545 e. The van der Waals surface area contributed by atoms with Crippen LogP contribution >= 0.6 is 0 Å². The van der Waals surface area contributed by atoms with Gasteiger partial charge in [0.25, 0.3) is 0 Å². The summed E-state index contributed by atoms with van der Waals surface area (Å²) in [5.74, 6) is 0. The lowest BCUT2D eigenvalue weighted by molar-refractivity contribution is -0.211. The molecule has 0 aromatic heterocycles. The van der Waals surface area contributed by atoms with E-state index in [0.717, 1.165) is 45.4 Å². The highest BCUT2D eigenvalue weighted by atomic mass is 32.2. The van der Waals surface area contributed by atoms with Crippen molar-refractivity contribution >= 4 is 11.3 Å². The van der Waals surface area contributed by atoms with Crippen molar-refractivity contribution in [2.75, 3.05) is 39.4 Å². The molecule has 0 amide bonds. The molecule has 3 heterocycles. The van der Waals surface area contributed by atoms with Gasteiger partial charge in [-0.2, -0.15) is 0 Å². The van der Waals surface area contributed by atoms with Crippen molar-refractivity contribution in [3.63, 3.8) is 0 Å². The normalized spacial score (nSPS) is 37.0. The number of hydrogen-bond donors (Lipinski definition) is 0. The molecule has 6 heteroatoms. The SMILES string of the molecule is O=S([O-])N1CC2(CN(C3CC4(COC4)C3)C2)C1. The second-order valence-electron chi connectivity index (χ2n) is 6.48. The van der Waals surface area contributed by atoms with E-state index >= 15 is 0 Å². The van der Waals surface area contributed by atoms with Crippen molar-refractivity contribution in [3.05, 3.63) is 0 Å². The van der Waals surface area contributed by atoms with Crippen LogP contribution < -0.4 is 0 Å². The lowest BCUT2D eigenvalue weighted by Crippen LogP contribution is -2.75. The van der Waals surface area contributed by atoms with Crippen molar-refractivity contribution < 1.29 is 13.5 Å². The minimum Gasteiger partial charge on any atom is -0.760 e. The average Bonchev–Trinajstić information content (AvgIpc) is 1.97. The van der Waals surface area contributed by atoms with Gasteiger partial charge in [0.05, 0.1) is 13.2 Å². The van der Waals surface area contributed by atoms with Crippen LogP contribution in [0.5, 0.6) is 0 Å². The van der Waals surface area contributed by atoms with Crippen molar-refractivity contribution in [2.45, 2.75) is 18.9 Å². The molecule has 1 unspecified atom stereocenters. The Morgan fingerprint density at radius 1 is 1.12 bits per heavy atom. The fourth-order valence-corrected chi connectivity index (χ4v) is 4.66. The van der Waals surface area contributed by atoms with Crippen LogP contribution in [0.25, 0.3) is 0 Å². The molecule has 4 rings (SSSR count). The van der Waals surface area contributed by atoms with E-state index in [4.69, 9.17) is 4.74 Å². The van der Waals surface area contributed by atoms with Crippen LogP contribution in [0.3, 0.4) is 0 Å². The summed E-state index contributed by atoms with van der Waals surface area (Å²) in [6.45, 7) is 5.60. The van der Waals surface area contributed by atoms with Gasteiger partial charge in [-0.3, -0.25) is 9.11 Å². The Labute approximate surface area is 104 Å². The van der Waals surface area contributed by atoms with Crippen LogP contribution in [-0.4, -0.2) is 63.4 Å². The molecule has 0 aromatic carbocycles. The fourth-order valence-electron chi connectivity index (χ4n) is 3.91. The summed E-state index contributed by atoms with van der Waals surface area (Å²) in [6.07, 6.45) is 2.58. The minimum absolute atomic E-state index is 0.305. The van der Waals surface area contributed by atoms with Gasteiger partial charge in [0.1, 0.15) is 0 Å². The van der Waals surface area contributed by atoms with Gasteiger partial charge in [0.15, 0.2) is 0 Å². The standard InChI is InChI=1S/C11H18N2O3S/c14-17(15)13-5-11(6-13)3-12(4-11)9-1-10(2-9)7-16-8-10/h9H,1-8H2,(H,14,15)/p-1. The predicted molar refractivity (Wildman–Crippen MR) is 60.8 cm³/mol. The van der Waals surface area contributed by atoms with E-state index in [9.17, 15) is 8.76 Å². The van der Waals surface area contributed by atoms with Crippen LogP contribution in [0.15, 0.2) is 0 Å². The van der Waals surface area contributed by atoms with Gasteiger partial charge in [-0.15, -0.1) is 0 Å². The van der Waals surface area contributed by atoms with Crippen molar-refractivity contribution in [3.8, 4) is 0 Å². The maximum atomic E-state index is 10.7. The summed E-state index contributed by atoms with van der Waals surface area (Å²) in [4.78, 5) is 2.54. The van der Waals surface area contributed by atoms with Gasteiger partial charge in [-0.1, -0.05) is 0 Å². The molecule has 0 bridgehead atoms. The van der Waals surface area contributed by atoms with E-state index in [1.54, 1.807) is 0 Å². The lowest BCUT2D eigenvalue weighted by atomic mass is 9.61. The van der Waals surface area contributed by atoms with E-state index in [-0.39, 0.29) is 0 Å². The first-order chi connectivity index (χ1) is 8.10. The molecule has 1 saturated carbocycles. The van der Waals surface area contributed by atoms with E-state index in [2.05, 4.69) is 4.90 Å². The molecule has 0 radical (unpaired) electrons. The summed E-state index contributed by atoms with van der Waals surface area (Å²) in [5, 5.41) is 0. The van der Waals surface area contributed by atoms with Gasteiger partial charge in [0, 0.05) is 54.3 Å². The number of ether oxygens (including phenoxy) is 1. The molecule has 0 aromatic rings. The van der Waals surface area contributed by atoms with Crippen molar-refractivity contribution in [1.82, 2.24) is 9.21 Å². The van der Waals surface area contributed by atoms with Crippen molar-refractivity contribution in [1.29, 1.82) is 0 Å². The first-order valence-electron chi connectivity index (χ1n) is 6.26. The van der Waals surface area contributed by atoms with Gasteiger partial charge in [-0.25, -0.2) is 4.31 Å². The zero-order chi connectivity index (χ0) is 11.7. The molecule has 3 aliphatic heterocycles. The molecule has 1 atom stereocenters. The van der Waals surface area contributed by atoms with E-state index in [0.29, 0.717) is 10.8 Å². The monoisotopic (exact) mass is 257 g/mol. The van der Waals surface area contributed by atoms with Crippen LogP contribution in [0.2, 0.25) is 0 Å². The molecule has 5 nitrogen and oxygen atoms in total. The highest BCUT2D eigenvalue weighted by molar-refractivity contribution is 7.76. The topological polar surface area (TPSA) is 55.8 Å². The quantitative estimate of drug-likeness (QED) is 0.630. The second kappa shape index (κ2) is 3.30. The Hall–Kier alpha value is -0.0100. The largest absolute Gasteiger partial charge is 0.760 e. The number of likely N-dealkylation sites (tertiary alicyclic amines) is 1. The molecule has 96 valence electrons. The summed E-state index contributed by atoms with van der Waals surface area (Å²) in [5.41, 5.74) is 0.842. The van der Waals surface area contributed by atoms with E-state index in [1.165, 1.54) is 17.1 Å². The van der Waals surface area contributed by atoms with Crippen LogP contribution in [0.4, 0.5) is 0 Å². The molecular formula is C11H17N2O3S-. The predicted octanol–water partition coefficient (Wildman–Crippen LogP) is -0.423. The Bertz CT molecular complexity index is 363. The van der Waals surface area contributed by atoms with E-state index in [1.807, 2.05) is 0 Å². The molecule has 3 saturated heterocycles. The summed E-state index contributed by atoms with van der Waals surface area (Å²) in [6, 6.07) is 0.747. The Kier molecular flexibility index (Phi) is 2.11. The Morgan fingerprint density at radius 2 is 1.76 bits per heavy atom. The third-order valence-corrected chi connectivity index (χ3v) is 5.66. The third kappa shape index (κ3) is 1.48. The zero-order valence-electron chi connectivity index (χ0n) is 9.76. The van der Waals surface area contributed by atoms with Crippen molar-refractivity contribution in [2.24, 2.45) is 10.8 Å². The zero-order valence-corrected chi connectivity index (χ0v) is 10.6. The smallest absolute Gasteiger partial charge is 0.0545 e. The number of nitrogens with zero attached hydrogens (tertiary/aromatic N) is 2. The third-order valence-electron chi connectivity index (χ3n) is 4.98. The Balaban J connectivity index is 1.26. The highest BCUT2D eigenvalue weighted by Gasteiger charge is 2.58. The van der Waals surface area contributed by atoms with Crippen LogP contribution in [0.1, 0.15) is 12.8 Å². The first kappa shape index (κ1) is 10.9. The highest BCUT2D eigenvalue weighted by Crippen LogP contribution is 2.52. The molecule has 1 aliphatic carbocycles. The molecule has 0 N–H and O–H groups in total. The summed E-state index contributed by atoms with van der Waals surface area (Å²) < 4.78 is 28.3. The summed E-state index contributed by atoms with van der Waals surface area (Å²) >= 11 is -2.00. The lowest BCUT2D eigenvalue weighted by Gasteiger charge is -2.66. The molecular weight excluding hydrogens is 240 g/mol. The average molecular weight is 257 g/mol. The van der Waals surface area contributed by atoms with Gasteiger partial charge in [-0.05, 0) is 12.8 Å². The molecule has 17 heavy (non-hydrogen) atoms. The minimum atomic E-state index is -2.00. The molecule has 4 aliphatic rings. The van der Waals surface area contributed by atoms with Crippen LogP contribution in [0, 0.1) is 10.8 Å². The Morgan fingerprint density at radius 3 is 2.24 bits per heavy atom.